The van der Waals surface area contributed by atoms with Crippen LogP contribution in [0.1, 0.15) is 11.1 Å². The second-order valence-electron chi connectivity index (χ2n) is 6.90. The summed E-state index contributed by atoms with van der Waals surface area (Å²) in [6.45, 7) is -0.793. The van der Waals surface area contributed by atoms with Crippen molar-refractivity contribution < 1.29 is 34.3 Å². The minimum atomic E-state index is -1.53. The predicted molar refractivity (Wildman–Crippen MR) is 109 cm³/mol. The van der Waals surface area contributed by atoms with Gasteiger partial charge in [-0.3, -0.25) is 0 Å². The molecule has 0 fully saturated rings. The molecule has 0 heterocycles. The second-order valence-corrected chi connectivity index (χ2v) is 6.90. The Kier molecular flexibility index (Phi) is 8.13. The number of aliphatic hydroxyl groups excluding tert-OH is 2. The van der Waals surface area contributed by atoms with Crippen LogP contribution in [-0.4, -0.2) is 62.6 Å². The highest BCUT2D eigenvalue weighted by molar-refractivity contribution is 5.44. The van der Waals surface area contributed by atoms with Crippen molar-refractivity contribution in [3.63, 3.8) is 0 Å². The van der Waals surface area contributed by atoms with Gasteiger partial charge in [-0.2, -0.15) is 0 Å². The van der Waals surface area contributed by atoms with Crippen molar-refractivity contribution in [2.75, 3.05) is 41.7 Å². The molecule has 0 radical (unpaired) electrons. The molecule has 0 spiro atoms. The summed E-state index contributed by atoms with van der Waals surface area (Å²) in [5, 5.41) is 31.1. The maximum atomic E-state index is 11.2. The van der Waals surface area contributed by atoms with Crippen LogP contribution >= 0.6 is 0 Å². The van der Waals surface area contributed by atoms with Gasteiger partial charge in [-0.15, -0.1) is 0 Å². The van der Waals surface area contributed by atoms with Gasteiger partial charge in [0, 0.05) is 18.9 Å². The van der Waals surface area contributed by atoms with Gasteiger partial charge in [0.2, 0.25) is 0 Å². The Bertz CT molecular complexity index is 793. The standard InChI is InChI=1S/C22H30O7/c1-26-18-7-5-15(10-20(18)28-3)9-17(13-23)22(25,14-24)12-16-6-8-19(27-2)21(11-16)29-4/h5-8,10-11,17,23-25H,9,12-14H2,1-4H3. The second kappa shape index (κ2) is 10.3. The summed E-state index contributed by atoms with van der Waals surface area (Å²) in [6, 6.07) is 10.7. The fourth-order valence-corrected chi connectivity index (χ4v) is 3.39. The van der Waals surface area contributed by atoms with Gasteiger partial charge in [0.25, 0.3) is 0 Å². The summed E-state index contributed by atoms with van der Waals surface area (Å²) in [5.74, 6) is 1.67. The Morgan fingerprint density at radius 1 is 0.759 bits per heavy atom. The SMILES string of the molecule is COc1ccc(CC(CO)C(O)(CO)Cc2ccc(OC)c(OC)c2)cc1OC. The molecular weight excluding hydrogens is 376 g/mol. The minimum absolute atomic E-state index is 0.141. The molecule has 160 valence electrons. The molecule has 0 aliphatic rings. The molecule has 7 nitrogen and oxygen atoms in total. The number of ether oxygens (including phenoxy) is 4. The molecule has 0 bridgehead atoms. The Balaban J connectivity index is 2.26. The van der Waals surface area contributed by atoms with Gasteiger partial charge in [0.1, 0.15) is 0 Å². The molecule has 7 heteroatoms. The third-order valence-electron chi connectivity index (χ3n) is 5.14. The van der Waals surface area contributed by atoms with Crippen molar-refractivity contribution in [3.05, 3.63) is 47.5 Å². The van der Waals surface area contributed by atoms with Crippen LogP contribution < -0.4 is 18.9 Å². The molecule has 2 unspecified atom stereocenters. The van der Waals surface area contributed by atoms with Gasteiger partial charge in [-0.1, -0.05) is 12.1 Å². The fourth-order valence-electron chi connectivity index (χ4n) is 3.39. The van der Waals surface area contributed by atoms with Crippen LogP contribution in [0.15, 0.2) is 36.4 Å². The molecule has 2 atom stereocenters. The number of methoxy groups -OCH3 is 4. The summed E-state index contributed by atoms with van der Waals surface area (Å²) in [6.07, 6.45) is 0.490. The van der Waals surface area contributed by atoms with Crippen LogP contribution in [0.25, 0.3) is 0 Å². The van der Waals surface area contributed by atoms with E-state index < -0.39 is 18.1 Å². The Morgan fingerprint density at radius 3 is 1.69 bits per heavy atom. The quantitative estimate of drug-likeness (QED) is 0.524. The molecule has 0 aliphatic carbocycles. The molecule has 2 aromatic rings. The van der Waals surface area contributed by atoms with Crippen LogP contribution in [0.3, 0.4) is 0 Å². The molecule has 0 saturated carbocycles. The van der Waals surface area contributed by atoms with E-state index in [1.807, 2.05) is 6.07 Å². The number of aliphatic hydroxyl groups is 3. The van der Waals surface area contributed by atoms with E-state index in [2.05, 4.69) is 0 Å². The number of rotatable bonds is 11. The molecule has 2 rings (SSSR count). The largest absolute Gasteiger partial charge is 0.493 e. The van der Waals surface area contributed by atoms with Crippen molar-refractivity contribution in [3.8, 4) is 23.0 Å². The lowest BCUT2D eigenvalue weighted by Gasteiger charge is -2.34. The summed E-state index contributed by atoms with van der Waals surface area (Å²) in [4.78, 5) is 0. The number of benzene rings is 2. The maximum Gasteiger partial charge on any atom is 0.160 e. The average molecular weight is 406 g/mol. The van der Waals surface area contributed by atoms with E-state index in [9.17, 15) is 15.3 Å². The zero-order valence-corrected chi connectivity index (χ0v) is 17.3. The third-order valence-corrected chi connectivity index (χ3v) is 5.14. The van der Waals surface area contributed by atoms with Gasteiger partial charge in [0.15, 0.2) is 23.0 Å². The van der Waals surface area contributed by atoms with E-state index in [4.69, 9.17) is 18.9 Å². The summed E-state index contributed by atoms with van der Waals surface area (Å²) in [7, 11) is 6.19. The minimum Gasteiger partial charge on any atom is -0.493 e. The van der Waals surface area contributed by atoms with E-state index in [1.54, 1.807) is 51.7 Å². The first kappa shape index (κ1) is 22.8. The first-order valence-corrected chi connectivity index (χ1v) is 9.30. The smallest absolute Gasteiger partial charge is 0.160 e. The van der Waals surface area contributed by atoms with Gasteiger partial charge < -0.3 is 34.3 Å². The highest BCUT2D eigenvalue weighted by atomic mass is 16.5. The summed E-state index contributed by atoms with van der Waals surface area (Å²) in [5.41, 5.74) is 0.0764. The molecule has 0 amide bonds. The third kappa shape index (κ3) is 5.32. The van der Waals surface area contributed by atoms with Crippen LogP contribution in [0.5, 0.6) is 23.0 Å². The van der Waals surface area contributed by atoms with Gasteiger partial charge in [-0.05, 0) is 41.8 Å². The first-order valence-electron chi connectivity index (χ1n) is 9.30. The van der Waals surface area contributed by atoms with E-state index in [0.29, 0.717) is 29.4 Å². The fraction of sp³-hybridized carbons (Fsp3) is 0.455. The van der Waals surface area contributed by atoms with Gasteiger partial charge in [-0.25, -0.2) is 0 Å². The van der Waals surface area contributed by atoms with E-state index in [-0.39, 0.29) is 13.0 Å². The predicted octanol–water partition coefficient (Wildman–Crippen LogP) is 1.84. The zero-order valence-electron chi connectivity index (χ0n) is 17.3. The zero-order chi connectivity index (χ0) is 21.4. The summed E-state index contributed by atoms with van der Waals surface area (Å²) < 4.78 is 21.1. The molecule has 0 aromatic heterocycles. The number of hydrogen-bond acceptors (Lipinski definition) is 7. The van der Waals surface area contributed by atoms with E-state index in [1.165, 1.54) is 7.11 Å². The molecule has 2 aromatic carbocycles. The van der Waals surface area contributed by atoms with Crippen LogP contribution in [-0.2, 0) is 12.8 Å². The van der Waals surface area contributed by atoms with Crippen molar-refractivity contribution >= 4 is 0 Å². The van der Waals surface area contributed by atoms with Crippen molar-refractivity contribution in [2.24, 2.45) is 5.92 Å². The molecule has 0 saturated heterocycles. The monoisotopic (exact) mass is 406 g/mol. The molecular formula is C22H30O7. The van der Waals surface area contributed by atoms with E-state index in [0.717, 1.165) is 11.1 Å². The number of hydrogen-bond donors (Lipinski definition) is 3. The van der Waals surface area contributed by atoms with Crippen LogP contribution in [0.2, 0.25) is 0 Å². The van der Waals surface area contributed by atoms with Crippen LogP contribution in [0.4, 0.5) is 0 Å². The van der Waals surface area contributed by atoms with Crippen molar-refractivity contribution in [1.29, 1.82) is 0 Å². The van der Waals surface area contributed by atoms with Crippen LogP contribution in [0, 0.1) is 5.92 Å². The lowest BCUT2D eigenvalue weighted by Crippen LogP contribution is -2.46. The van der Waals surface area contributed by atoms with Crippen molar-refractivity contribution in [1.82, 2.24) is 0 Å². The molecule has 29 heavy (non-hydrogen) atoms. The molecule has 0 aliphatic heterocycles. The molecule has 3 N–H and O–H groups in total. The van der Waals surface area contributed by atoms with Gasteiger partial charge >= 0.3 is 0 Å². The summed E-state index contributed by atoms with van der Waals surface area (Å²) >= 11 is 0. The van der Waals surface area contributed by atoms with Crippen molar-refractivity contribution in [2.45, 2.75) is 18.4 Å². The Morgan fingerprint density at radius 2 is 1.24 bits per heavy atom. The normalized spacial score (nSPS) is 14.0. The Hall–Kier alpha value is -2.48. The topological polar surface area (TPSA) is 97.6 Å². The maximum absolute atomic E-state index is 11.2. The van der Waals surface area contributed by atoms with E-state index >= 15 is 0 Å². The first-order chi connectivity index (χ1) is 13.9. The van der Waals surface area contributed by atoms with Gasteiger partial charge in [0.05, 0.1) is 40.6 Å². The Labute approximate surface area is 171 Å². The average Bonchev–Trinajstić information content (AvgIpc) is 2.76. The highest BCUT2D eigenvalue weighted by Crippen LogP contribution is 2.33. The lowest BCUT2D eigenvalue weighted by atomic mass is 9.79. The highest BCUT2D eigenvalue weighted by Gasteiger charge is 2.36. The lowest BCUT2D eigenvalue weighted by molar-refractivity contribution is -0.0764.